The summed E-state index contributed by atoms with van der Waals surface area (Å²) in [4.78, 5) is 3.92. The Labute approximate surface area is 111 Å². The van der Waals surface area contributed by atoms with Crippen LogP contribution in [0.4, 0.5) is 0 Å². The summed E-state index contributed by atoms with van der Waals surface area (Å²) in [7, 11) is 0. The Kier molecular flexibility index (Phi) is 18.9. The second-order valence-electron chi connectivity index (χ2n) is 1.45. The van der Waals surface area contributed by atoms with Gasteiger partial charge in [0.25, 0.3) is 0 Å². The van der Waals surface area contributed by atoms with Crippen LogP contribution in [-0.2, 0) is 29.7 Å². The van der Waals surface area contributed by atoms with Crippen molar-refractivity contribution >= 4 is 63.7 Å². The third kappa shape index (κ3) is 15.5. The largest absolute Gasteiger partial charge is 2.00 e. The van der Waals surface area contributed by atoms with Crippen molar-refractivity contribution in [2.45, 2.75) is 0 Å². The molecule has 7 heteroatoms. The minimum absolute atomic E-state index is 0. The normalized spacial score (nSPS) is 8.38. The second-order valence-corrected chi connectivity index (χ2v) is 3.97. The number of nitrogens with zero attached hydrogens (tertiary/aromatic N) is 1. The van der Waals surface area contributed by atoms with Crippen LogP contribution in [0.15, 0.2) is 4.99 Å². The van der Waals surface area contributed by atoms with Crippen molar-refractivity contribution in [2.75, 3.05) is 12.8 Å². The second kappa shape index (κ2) is 12.7. The van der Waals surface area contributed by atoms with E-state index in [1.165, 1.54) is 11.8 Å². The summed E-state index contributed by atoms with van der Waals surface area (Å²) in [6, 6.07) is 0. The summed E-state index contributed by atoms with van der Waals surface area (Å²) in [6.45, 7) is 0.545. The van der Waals surface area contributed by atoms with Gasteiger partial charge in [0.15, 0.2) is 4.32 Å². The first kappa shape index (κ1) is 19.3. The van der Waals surface area contributed by atoms with Gasteiger partial charge in [0.2, 0.25) is 0 Å². The SMILES string of the molecule is CSC(=S)N=CCNC(=S)[S-].[CH3-].[Mn+2]. The average molecular weight is 293 g/mol. The number of rotatable bonds is 2. The van der Waals surface area contributed by atoms with Gasteiger partial charge >= 0.3 is 17.1 Å². The van der Waals surface area contributed by atoms with E-state index >= 15 is 0 Å². The van der Waals surface area contributed by atoms with Gasteiger partial charge in [-0.05, 0) is 6.26 Å². The number of nitrogens with one attached hydrogen (secondary N) is 1. The van der Waals surface area contributed by atoms with Crippen molar-refractivity contribution in [1.29, 1.82) is 0 Å². The molecule has 0 unspecified atom stereocenters. The number of hydrogen-bond donors (Lipinski definition) is 1. The molecular formula is C6H10MnN2S4. The summed E-state index contributed by atoms with van der Waals surface area (Å²) in [5, 5.41) is 2.75. The summed E-state index contributed by atoms with van der Waals surface area (Å²) < 4.78 is 0.966. The third-order valence-corrected chi connectivity index (χ3v) is 2.06. The fourth-order valence-electron chi connectivity index (χ4n) is 0.302. The van der Waals surface area contributed by atoms with Crippen LogP contribution in [-0.4, -0.2) is 27.7 Å². The molecule has 0 spiro atoms. The van der Waals surface area contributed by atoms with E-state index in [0.717, 1.165) is 0 Å². The zero-order valence-electron chi connectivity index (χ0n) is 7.24. The third-order valence-electron chi connectivity index (χ3n) is 0.709. The number of aliphatic imine (C=N–C) groups is 1. The molecule has 0 amide bonds. The van der Waals surface area contributed by atoms with E-state index in [0.29, 0.717) is 15.2 Å². The molecule has 1 N–H and O–H groups in total. The molecule has 1 radical (unpaired) electrons. The van der Waals surface area contributed by atoms with Crippen LogP contribution in [0.2, 0.25) is 0 Å². The van der Waals surface area contributed by atoms with Crippen LogP contribution in [0.5, 0.6) is 0 Å². The predicted octanol–water partition coefficient (Wildman–Crippen LogP) is 1.57. The molecule has 0 aromatic carbocycles. The van der Waals surface area contributed by atoms with Crippen LogP contribution >= 0.6 is 36.2 Å². The van der Waals surface area contributed by atoms with Crippen LogP contribution in [0, 0.1) is 7.43 Å². The summed E-state index contributed by atoms with van der Waals surface area (Å²) in [6.07, 6.45) is 3.53. The minimum Gasteiger partial charge on any atom is -0.412 e. The van der Waals surface area contributed by atoms with Gasteiger partial charge in [-0.1, -0.05) is 28.3 Å². The molecule has 0 saturated heterocycles. The molecule has 13 heavy (non-hydrogen) atoms. The average Bonchev–Trinajstić information content (AvgIpc) is 1.97. The summed E-state index contributed by atoms with van der Waals surface area (Å²) >= 11 is 15.5. The number of thioether (sulfide) groups is 1. The Hall–Kier alpha value is 0.739. The molecule has 0 aromatic rings. The van der Waals surface area contributed by atoms with Crippen molar-refractivity contribution in [1.82, 2.24) is 5.32 Å². The maximum absolute atomic E-state index is 4.81. The smallest absolute Gasteiger partial charge is 0.412 e. The summed E-state index contributed by atoms with van der Waals surface area (Å²) in [5.74, 6) is 0. The standard InChI is InChI=1S/C5H8N2S4.CH3.Mn/c1-11-5(10)7-3-2-6-4(8)9;;/h3H,2H2,1H3,(H2,6,8,9);1H3;/q;-1;+2/p-1. The number of thiocarbonyl (C=S) groups is 2. The Morgan fingerprint density at radius 3 is 2.54 bits per heavy atom. The van der Waals surface area contributed by atoms with Gasteiger partial charge in [-0.25, -0.2) is 4.99 Å². The Balaban J connectivity index is -0.000000500. The van der Waals surface area contributed by atoms with Crippen LogP contribution in [0.3, 0.4) is 0 Å². The fraction of sp³-hybridized carbons (Fsp3) is 0.333. The molecule has 0 bridgehead atoms. The van der Waals surface area contributed by atoms with Gasteiger partial charge in [-0.2, -0.15) is 0 Å². The molecule has 0 aliphatic rings. The molecule has 0 saturated carbocycles. The Morgan fingerprint density at radius 1 is 1.62 bits per heavy atom. The fourth-order valence-corrected chi connectivity index (χ4v) is 0.723. The maximum Gasteiger partial charge on any atom is 2.00 e. The zero-order chi connectivity index (χ0) is 8.69. The van der Waals surface area contributed by atoms with Crippen LogP contribution in [0.25, 0.3) is 0 Å². The van der Waals surface area contributed by atoms with Crippen LogP contribution < -0.4 is 5.32 Å². The van der Waals surface area contributed by atoms with Crippen molar-refractivity contribution in [3.05, 3.63) is 7.43 Å². The first-order valence-electron chi connectivity index (χ1n) is 2.72. The van der Waals surface area contributed by atoms with Gasteiger partial charge < -0.3 is 37.6 Å². The quantitative estimate of drug-likeness (QED) is 0.274. The van der Waals surface area contributed by atoms with E-state index in [9.17, 15) is 0 Å². The maximum atomic E-state index is 4.81. The van der Waals surface area contributed by atoms with Crippen molar-refractivity contribution in [2.24, 2.45) is 4.99 Å². The number of hydrogen-bond acceptors (Lipinski definition) is 4. The molecule has 0 aliphatic carbocycles. The van der Waals surface area contributed by atoms with E-state index < -0.39 is 0 Å². The summed E-state index contributed by atoms with van der Waals surface area (Å²) in [5.41, 5.74) is 0. The molecule has 0 heterocycles. The molecule has 0 aliphatic heterocycles. The van der Waals surface area contributed by atoms with E-state index in [2.05, 4.69) is 35.2 Å². The van der Waals surface area contributed by atoms with Crippen molar-refractivity contribution < 1.29 is 17.1 Å². The van der Waals surface area contributed by atoms with Crippen molar-refractivity contribution in [3.8, 4) is 0 Å². The van der Waals surface area contributed by atoms with Gasteiger partial charge in [-0.15, -0.1) is 0 Å². The van der Waals surface area contributed by atoms with E-state index in [-0.39, 0.29) is 24.5 Å². The van der Waals surface area contributed by atoms with Gasteiger partial charge in [0, 0.05) is 12.8 Å². The monoisotopic (exact) mass is 293 g/mol. The topological polar surface area (TPSA) is 24.4 Å². The molecular weight excluding hydrogens is 283 g/mol. The first-order valence-corrected chi connectivity index (χ1v) is 5.17. The predicted molar refractivity (Wildman–Crippen MR) is 69.0 cm³/mol. The molecule has 2 nitrogen and oxygen atoms in total. The molecule has 0 rings (SSSR count). The van der Waals surface area contributed by atoms with Gasteiger partial charge in [0.05, 0.1) is 0 Å². The zero-order valence-corrected chi connectivity index (χ0v) is 11.7. The molecule has 0 atom stereocenters. The molecule has 0 aromatic heterocycles. The van der Waals surface area contributed by atoms with E-state index in [1.807, 2.05) is 6.26 Å². The Morgan fingerprint density at radius 2 is 2.15 bits per heavy atom. The molecule has 0 fully saturated rings. The van der Waals surface area contributed by atoms with Crippen molar-refractivity contribution in [3.63, 3.8) is 0 Å². The van der Waals surface area contributed by atoms with Gasteiger partial charge in [-0.3, -0.25) is 0 Å². The van der Waals surface area contributed by atoms with E-state index in [4.69, 9.17) is 12.2 Å². The van der Waals surface area contributed by atoms with E-state index in [1.54, 1.807) is 6.21 Å². The Bertz CT molecular complexity index is 183. The van der Waals surface area contributed by atoms with Crippen LogP contribution in [0.1, 0.15) is 0 Å². The molecule has 75 valence electrons. The van der Waals surface area contributed by atoms with Gasteiger partial charge in [0.1, 0.15) is 0 Å². The minimum atomic E-state index is 0. The first-order chi connectivity index (χ1) is 5.16.